The number of ether oxygens (including phenoxy) is 1. The van der Waals surface area contributed by atoms with Crippen LogP contribution in [0, 0.1) is 6.92 Å². The normalized spacial score (nSPS) is 10.7. The summed E-state index contributed by atoms with van der Waals surface area (Å²) < 4.78 is 5.68. The van der Waals surface area contributed by atoms with Crippen molar-refractivity contribution in [3.05, 3.63) is 37.3 Å². The van der Waals surface area contributed by atoms with Gasteiger partial charge in [-0.1, -0.05) is 89.3 Å². The molecule has 1 nitrogen and oxygen atoms in total. The minimum absolute atomic E-state index is 0.856. The topological polar surface area (TPSA) is 9.23 Å². The van der Waals surface area contributed by atoms with Crippen LogP contribution in [-0.4, -0.2) is 6.61 Å². The van der Waals surface area contributed by atoms with Crippen LogP contribution in [0.1, 0.15) is 70.6 Å². The highest BCUT2D eigenvalue weighted by Crippen LogP contribution is 2.12. The van der Waals surface area contributed by atoms with E-state index in [0.717, 1.165) is 18.8 Å². The molecule has 0 aliphatic rings. The molecular formula is C19H31O. The Bertz CT molecular complexity index is 294. The average molecular weight is 275 g/mol. The summed E-state index contributed by atoms with van der Waals surface area (Å²) >= 11 is 0. The molecule has 0 unspecified atom stereocenters. The molecule has 0 amide bonds. The van der Waals surface area contributed by atoms with E-state index in [1.165, 1.54) is 64.2 Å². The Kier molecular flexibility index (Phi) is 11.1. The van der Waals surface area contributed by atoms with Crippen molar-refractivity contribution in [3.63, 3.8) is 0 Å². The molecule has 1 radical (unpaired) electrons. The largest absolute Gasteiger partial charge is 0.494 e. The third kappa shape index (κ3) is 9.89. The molecule has 0 aromatic heterocycles. The molecule has 0 atom stereocenters. The van der Waals surface area contributed by atoms with Gasteiger partial charge in [0, 0.05) is 0 Å². The number of para-hydroxylation sites is 1. The Hall–Kier alpha value is -0.980. The minimum Gasteiger partial charge on any atom is -0.494 e. The Morgan fingerprint density at radius 3 is 1.70 bits per heavy atom. The molecule has 0 aliphatic heterocycles. The monoisotopic (exact) mass is 275 g/mol. The molecule has 0 bridgehead atoms. The van der Waals surface area contributed by atoms with Crippen LogP contribution in [0.25, 0.3) is 0 Å². The summed E-state index contributed by atoms with van der Waals surface area (Å²) in [6.07, 6.45) is 14.6. The lowest BCUT2D eigenvalue weighted by atomic mass is 10.1. The van der Waals surface area contributed by atoms with Gasteiger partial charge in [-0.25, -0.2) is 0 Å². The summed E-state index contributed by atoms with van der Waals surface area (Å²) in [5.41, 5.74) is 0. The van der Waals surface area contributed by atoms with Crippen LogP contribution in [0.15, 0.2) is 30.3 Å². The van der Waals surface area contributed by atoms with Gasteiger partial charge in [0.25, 0.3) is 0 Å². The second-order valence-electron chi connectivity index (χ2n) is 5.55. The fourth-order valence-corrected chi connectivity index (χ4v) is 2.40. The van der Waals surface area contributed by atoms with Crippen molar-refractivity contribution in [2.75, 3.05) is 6.61 Å². The zero-order valence-electron chi connectivity index (χ0n) is 13.0. The van der Waals surface area contributed by atoms with Gasteiger partial charge in [-0.15, -0.1) is 0 Å². The van der Waals surface area contributed by atoms with Gasteiger partial charge >= 0.3 is 0 Å². The molecule has 1 heteroatoms. The molecule has 0 N–H and O–H groups in total. The van der Waals surface area contributed by atoms with Gasteiger partial charge in [0.15, 0.2) is 0 Å². The summed E-state index contributed by atoms with van der Waals surface area (Å²) in [5, 5.41) is 0. The predicted molar refractivity (Wildman–Crippen MR) is 88.1 cm³/mol. The number of unbranched alkanes of at least 4 members (excludes halogenated alkanes) is 10. The zero-order chi connectivity index (χ0) is 14.3. The standard InChI is InChI=1S/C19H31O/c1-2-3-4-5-6-7-8-9-10-11-15-18-20-19-16-13-12-14-17-19/h12-14,16-17H,1-11,15,18H2. The van der Waals surface area contributed by atoms with E-state index in [4.69, 9.17) is 4.74 Å². The summed E-state index contributed by atoms with van der Waals surface area (Å²) in [6, 6.07) is 10.1. The second-order valence-corrected chi connectivity index (χ2v) is 5.55. The van der Waals surface area contributed by atoms with Crippen molar-refractivity contribution in [2.24, 2.45) is 0 Å². The second kappa shape index (κ2) is 13.0. The van der Waals surface area contributed by atoms with Crippen LogP contribution < -0.4 is 4.74 Å². The molecule has 20 heavy (non-hydrogen) atoms. The Morgan fingerprint density at radius 1 is 0.650 bits per heavy atom. The number of hydrogen-bond acceptors (Lipinski definition) is 1. The third-order valence-corrected chi connectivity index (χ3v) is 3.66. The van der Waals surface area contributed by atoms with E-state index >= 15 is 0 Å². The number of rotatable bonds is 13. The van der Waals surface area contributed by atoms with Crippen LogP contribution in [0.3, 0.4) is 0 Å². The van der Waals surface area contributed by atoms with Crippen molar-refractivity contribution >= 4 is 0 Å². The summed E-state index contributed by atoms with van der Waals surface area (Å²) in [5.74, 6) is 0.995. The first-order valence-electron chi connectivity index (χ1n) is 8.40. The van der Waals surface area contributed by atoms with Gasteiger partial charge in [0.2, 0.25) is 0 Å². The van der Waals surface area contributed by atoms with E-state index in [1.54, 1.807) is 0 Å². The minimum atomic E-state index is 0.856. The zero-order valence-corrected chi connectivity index (χ0v) is 13.0. The SMILES string of the molecule is [CH2]CCCCCCCCCCCCOc1ccccc1. The number of hydrogen-bond donors (Lipinski definition) is 0. The molecule has 0 aliphatic carbocycles. The molecule has 1 aromatic rings. The summed E-state index contributed by atoms with van der Waals surface area (Å²) in [6.45, 7) is 4.73. The van der Waals surface area contributed by atoms with E-state index in [-0.39, 0.29) is 0 Å². The molecule has 0 heterocycles. The quantitative estimate of drug-likeness (QED) is 0.390. The molecule has 1 rings (SSSR count). The molecule has 0 fully saturated rings. The molecule has 113 valence electrons. The van der Waals surface area contributed by atoms with Crippen molar-refractivity contribution < 1.29 is 4.74 Å². The van der Waals surface area contributed by atoms with Gasteiger partial charge in [0.05, 0.1) is 6.61 Å². The lowest BCUT2D eigenvalue weighted by Gasteiger charge is -2.05. The first-order chi connectivity index (χ1) is 9.93. The summed E-state index contributed by atoms with van der Waals surface area (Å²) in [7, 11) is 0. The van der Waals surface area contributed by atoms with Crippen LogP contribution in [-0.2, 0) is 0 Å². The van der Waals surface area contributed by atoms with E-state index in [2.05, 4.69) is 6.92 Å². The van der Waals surface area contributed by atoms with E-state index in [1.807, 2.05) is 30.3 Å². The van der Waals surface area contributed by atoms with Crippen molar-refractivity contribution in [2.45, 2.75) is 70.6 Å². The lowest BCUT2D eigenvalue weighted by molar-refractivity contribution is 0.304. The first kappa shape index (κ1) is 17.1. The summed E-state index contributed by atoms with van der Waals surface area (Å²) in [4.78, 5) is 0. The van der Waals surface area contributed by atoms with E-state index in [0.29, 0.717) is 0 Å². The van der Waals surface area contributed by atoms with Crippen molar-refractivity contribution in [1.29, 1.82) is 0 Å². The van der Waals surface area contributed by atoms with Gasteiger partial charge < -0.3 is 4.74 Å². The Labute approximate surface area is 125 Å². The molecular weight excluding hydrogens is 244 g/mol. The molecule has 0 saturated heterocycles. The maximum atomic E-state index is 5.68. The van der Waals surface area contributed by atoms with Crippen LogP contribution in [0.2, 0.25) is 0 Å². The number of benzene rings is 1. The highest BCUT2D eigenvalue weighted by atomic mass is 16.5. The highest BCUT2D eigenvalue weighted by Gasteiger charge is 1.94. The van der Waals surface area contributed by atoms with Crippen molar-refractivity contribution in [1.82, 2.24) is 0 Å². The predicted octanol–water partition coefficient (Wildman–Crippen LogP) is 6.19. The Morgan fingerprint density at radius 2 is 1.15 bits per heavy atom. The first-order valence-corrected chi connectivity index (χ1v) is 8.40. The third-order valence-electron chi connectivity index (χ3n) is 3.66. The van der Waals surface area contributed by atoms with Gasteiger partial charge in [0.1, 0.15) is 5.75 Å². The van der Waals surface area contributed by atoms with Gasteiger partial charge in [-0.05, 0) is 18.6 Å². The fraction of sp³-hybridized carbons (Fsp3) is 0.632. The van der Waals surface area contributed by atoms with Crippen LogP contribution in [0.4, 0.5) is 0 Å². The van der Waals surface area contributed by atoms with Crippen molar-refractivity contribution in [3.8, 4) is 5.75 Å². The van der Waals surface area contributed by atoms with Crippen LogP contribution in [0.5, 0.6) is 5.75 Å². The lowest BCUT2D eigenvalue weighted by Crippen LogP contribution is -1.96. The average Bonchev–Trinajstić information content (AvgIpc) is 2.49. The smallest absolute Gasteiger partial charge is 0.119 e. The molecule has 0 saturated carbocycles. The maximum Gasteiger partial charge on any atom is 0.119 e. The molecule has 0 spiro atoms. The van der Waals surface area contributed by atoms with Gasteiger partial charge in [-0.2, -0.15) is 0 Å². The Balaban J connectivity index is 1.77. The van der Waals surface area contributed by atoms with E-state index < -0.39 is 0 Å². The maximum absolute atomic E-state index is 5.68. The fourth-order valence-electron chi connectivity index (χ4n) is 2.40. The highest BCUT2D eigenvalue weighted by molar-refractivity contribution is 5.20. The molecule has 1 aromatic carbocycles. The van der Waals surface area contributed by atoms with Crippen LogP contribution >= 0.6 is 0 Å². The van der Waals surface area contributed by atoms with Gasteiger partial charge in [-0.3, -0.25) is 0 Å². The van der Waals surface area contributed by atoms with E-state index in [9.17, 15) is 0 Å².